The highest BCUT2D eigenvalue weighted by molar-refractivity contribution is 7.99. The van der Waals surface area contributed by atoms with Crippen LogP contribution < -0.4 is 4.74 Å². The minimum Gasteiger partial charge on any atom is -0.497 e. The third-order valence-electron chi connectivity index (χ3n) is 3.24. The van der Waals surface area contributed by atoms with E-state index in [0.717, 1.165) is 27.9 Å². The third-order valence-corrected chi connectivity index (χ3v) is 4.14. The molecule has 5 heteroatoms. The lowest BCUT2D eigenvalue weighted by Crippen LogP contribution is -2.13. The van der Waals surface area contributed by atoms with Gasteiger partial charge in [-0.25, -0.2) is 0 Å². The molecule has 2 aromatic rings. The third kappa shape index (κ3) is 2.63. The summed E-state index contributed by atoms with van der Waals surface area (Å²) in [5.41, 5.74) is 2.96. The lowest BCUT2D eigenvalue weighted by Gasteiger charge is -2.14. The Kier molecular flexibility index (Phi) is 4.60. The van der Waals surface area contributed by atoms with Gasteiger partial charge < -0.3 is 14.5 Å². The van der Waals surface area contributed by atoms with Crippen LogP contribution in [0.25, 0.3) is 10.9 Å². The van der Waals surface area contributed by atoms with Crippen LogP contribution in [-0.2, 0) is 9.53 Å². The molecule has 2 rings (SSSR count). The van der Waals surface area contributed by atoms with E-state index < -0.39 is 0 Å². The van der Waals surface area contributed by atoms with Crippen molar-refractivity contribution in [1.82, 2.24) is 4.98 Å². The minimum atomic E-state index is -0.323. The van der Waals surface area contributed by atoms with Gasteiger partial charge in [0.2, 0.25) is 0 Å². The highest BCUT2D eigenvalue weighted by Gasteiger charge is 2.26. The number of benzene rings is 1. The average molecular weight is 293 g/mol. The number of aromatic amines is 1. The minimum absolute atomic E-state index is 0.202. The number of esters is 1. The molecule has 1 atom stereocenters. The van der Waals surface area contributed by atoms with Crippen molar-refractivity contribution in [2.75, 3.05) is 20.0 Å². The summed E-state index contributed by atoms with van der Waals surface area (Å²) in [6, 6.07) is 5.82. The number of hydrogen-bond donors (Lipinski definition) is 1. The van der Waals surface area contributed by atoms with Crippen LogP contribution in [0.1, 0.15) is 23.4 Å². The first-order valence-corrected chi connectivity index (χ1v) is 7.76. The zero-order chi connectivity index (χ0) is 14.7. The summed E-state index contributed by atoms with van der Waals surface area (Å²) >= 11 is 1.48. The summed E-state index contributed by atoms with van der Waals surface area (Å²) in [5.74, 6) is 0.577. The number of methoxy groups -OCH3 is 1. The fourth-order valence-corrected chi connectivity index (χ4v) is 3.14. The number of hydrogen-bond acceptors (Lipinski definition) is 4. The van der Waals surface area contributed by atoms with Crippen molar-refractivity contribution in [2.45, 2.75) is 19.1 Å². The van der Waals surface area contributed by atoms with Crippen molar-refractivity contribution in [1.29, 1.82) is 0 Å². The van der Waals surface area contributed by atoms with Gasteiger partial charge in [-0.05, 0) is 38.3 Å². The molecule has 0 fully saturated rings. The van der Waals surface area contributed by atoms with E-state index >= 15 is 0 Å². The van der Waals surface area contributed by atoms with Crippen LogP contribution in [0.5, 0.6) is 5.75 Å². The fourth-order valence-electron chi connectivity index (χ4n) is 2.34. The number of carbonyl (C=O) groups is 1. The Morgan fingerprint density at radius 1 is 1.45 bits per heavy atom. The quantitative estimate of drug-likeness (QED) is 0.858. The molecule has 4 nitrogen and oxygen atoms in total. The maximum atomic E-state index is 12.1. The van der Waals surface area contributed by atoms with Crippen LogP contribution in [0.4, 0.5) is 0 Å². The van der Waals surface area contributed by atoms with Crippen LogP contribution in [0.15, 0.2) is 18.2 Å². The number of thioether (sulfide) groups is 1. The topological polar surface area (TPSA) is 51.3 Å². The number of carbonyl (C=O) groups excluding carboxylic acids is 1. The molecule has 0 saturated carbocycles. The van der Waals surface area contributed by atoms with Gasteiger partial charge in [0.05, 0.1) is 13.7 Å². The van der Waals surface area contributed by atoms with Crippen LogP contribution in [0.2, 0.25) is 0 Å². The predicted molar refractivity (Wildman–Crippen MR) is 82.5 cm³/mol. The molecule has 1 unspecified atom stereocenters. The molecule has 0 aliphatic carbocycles. The molecule has 108 valence electrons. The Labute approximate surface area is 122 Å². The number of nitrogens with one attached hydrogen (secondary N) is 1. The SMILES string of the molecule is CCOC(=O)C(SC)c1c(C)[nH]c2ccc(OC)cc12. The highest BCUT2D eigenvalue weighted by atomic mass is 32.2. The van der Waals surface area contributed by atoms with Crippen LogP contribution >= 0.6 is 11.8 Å². The van der Waals surface area contributed by atoms with E-state index in [4.69, 9.17) is 9.47 Å². The molecule has 0 bridgehead atoms. The largest absolute Gasteiger partial charge is 0.497 e. The number of ether oxygens (including phenoxy) is 2. The van der Waals surface area contributed by atoms with E-state index in [0.29, 0.717) is 6.61 Å². The van der Waals surface area contributed by atoms with Gasteiger partial charge in [-0.2, -0.15) is 0 Å². The average Bonchev–Trinajstić information content (AvgIpc) is 2.76. The Bertz CT molecular complexity index is 621. The molecule has 0 spiro atoms. The summed E-state index contributed by atoms with van der Waals surface area (Å²) < 4.78 is 10.4. The van der Waals surface area contributed by atoms with Crippen molar-refractivity contribution in [3.63, 3.8) is 0 Å². The summed E-state index contributed by atoms with van der Waals surface area (Å²) in [7, 11) is 1.64. The van der Waals surface area contributed by atoms with E-state index in [1.54, 1.807) is 7.11 Å². The van der Waals surface area contributed by atoms with Gasteiger partial charge >= 0.3 is 5.97 Å². The van der Waals surface area contributed by atoms with Crippen molar-refractivity contribution in [3.05, 3.63) is 29.5 Å². The Morgan fingerprint density at radius 3 is 2.80 bits per heavy atom. The van der Waals surface area contributed by atoms with E-state index in [9.17, 15) is 4.79 Å². The van der Waals surface area contributed by atoms with Crippen LogP contribution in [0.3, 0.4) is 0 Å². The molecule has 1 aromatic carbocycles. The second kappa shape index (κ2) is 6.22. The maximum absolute atomic E-state index is 12.1. The van der Waals surface area contributed by atoms with Gasteiger partial charge in [-0.3, -0.25) is 4.79 Å². The zero-order valence-electron chi connectivity index (χ0n) is 12.1. The molecule has 1 N–H and O–H groups in total. The number of fused-ring (bicyclic) bond motifs is 1. The van der Waals surface area contributed by atoms with E-state index in [1.165, 1.54) is 11.8 Å². The van der Waals surface area contributed by atoms with E-state index in [1.807, 2.05) is 38.3 Å². The summed E-state index contributed by atoms with van der Waals surface area (Å²) in [4.78, 5) is 15.4. The first-order chi connectivity index (χ1) is 9.62. The predicted octanol–water partition coefficient (Wildman–Crippen LogP) is 3.45. The van der Waals surface area contributed by atoms with Gasteiger partial charge in [0, 0.05) is 22.2 Å². The van der Waals surface area contributed by atoms with Gasteiger partial charge in [0.25, 0.3) is 0 Å². The number of aromatic nitrogens is 1. The van der Waals surface area contributed by atoms with Gasteiger partial charge in [0.15, 0.2) is 0 Å². The smallest absolute Gasteiger partial charge is 0.323 e. The number of aryl methyl sites for hydroxylation is 1. The lowest BCUT2D eigenvalue weighted by molar-refractivity contribution is -0.142. The Balaban J connectivity index is 2.55. The standard InChI is InChI=1S/C15H19NO3S/c1-5-19-15(17)14(20-4)13-9(2)16-12-7-6-10(18-3)8-11(12)13/h6-8,14,16H,5H2,1-4H3. The molecule has 0 aliphatic heterocycles. The fraction of sp³-hybridized carbons (Fsp3) is 0.400. The molecule has 0 amide bonds. The molecular weight excluding hydrogens is 274 g/mol. The zero-order valence-corrected chi connectivity index (χ0v) is 13.0. The van der Waals surface area contributed by atoms with Crippen LogP contribution in [0, 0.1) is 6.92 Å². The monoisotopic (exact) mass is 293 g/mol. The van der Waals surface area contributed by atoms with Crippen molar-refractivity contribution >= 4 is 28.6 Å². The first kappa shape index (κ1) is 14.8. The number of H-pyrrole nitrogens is 1. The van der Waals surface area contributed by atoms with Gasteiger partial charge in [0.1, 0.15) is 11.0 Å². The Morgan fingerprint density at radius 2 is 2.20 bits per heavy atom. The normalized spacial score (nSPS) is 12.4. The molecule has 0 radical (unpaired) electrons. The second-order valence-corrected chi connectivity index (χ2v) is 5.39. The first-order valence-electron chi connectivity index (χ1n) is 6.48. The van der Waals surface area contributed by atoms with Crippen LogP contribution in [-0.4, -0.2) is 30.9 Å². The molecule has 0 aliphatic rings. The molecule has 0 saturated heterocycles. The summed E-state index contributed by atoms with van der Waals surface area (Å²) in [6.45, 7) is 4.19. The lowest BCUT2D eigenvalue weighted by atomic mass is 10.1. The van der Waals surface area contributed by atoms with E-state index in [-0.39, 0.29) is 11.2 Å². The van der Waals surface area contributed by atoms with Crippen molar-refractivity contribution in [2.24, 2.45) is 0 Å². The van der Waals surface area contributed by atoms with Crippen molar-refractivity contribution < 1.29 is 14.3 Å². The number of rotatable bonds is 5. The molecule has 1 heterocycles. The highest BCUT2D eigenvalue weighted by Crippen LogP contribution is 2.37. The molecule has 1 aromatic heterocycles. The Hall–Kier alpha value is -1.62. The van der Waals surface area contributed by atoms with Crippen molar-refractivity contribution in [3.8, 4) is 5.75 Å². The molecular formula is C15H19NO3S. The molecule has 20 heavy (non-hydrogen) atoms. The second-order valence-electron chi connectivity index (χ2n) is 4.44. The van der Waals surface area contributed by atoms with E-state index in [2.05, 4.69) is 4.98 Å². The maximum Gasteiger partial charge on any atom is 0.323 e. The summed E-state index contributed by atoms with van der Waals surface area (Å²) in [6.07, 6.45) is 1.92. The van der Waals surface area contributed by atoms with Gasteiger partial charge in [-0.1, -0.05) is 0 Å². The summed E-state index contributed by atoms with van der Waals surface area (Å²) in [5, 5.41) is 0.685. The van der Waals surface area contributed by atoms with Gasteiger partial charge in [-0.15, -0.1) is 11.8 Å².